The van der Waals surface area contributed by atoms with Crippen molar-refractivity contribution in [1.29, 1.82) is 0 Å². The Morgan fingerprint density at radius 2 is 1.85 bits per heavy atom. The van der Waals surface area contributed by atoms with Crippen molar-refractivity contribution in [2.75, 3.05) is 39.3 Å². The highest BCUT2D eigenvalue weighted by Crippen LogP contribution is 2.19. The molecule has 20 heavy (non-hydrogen) atoms. The molecule has 1 aliphatic rings. The maximum Gasteiger partial charge on any atom is 0.0235 e. The molecule has 1 aliphatic heterocycles. The first-order valence-electron chi connectivity index (χ1n) is 8.81. The van der Waals surface area contributed by atoms with Crippen molar-refractivity contribution in [3.05, 3.63) is 0 Å². The number of nitrogens with zero attached hydrogens (tertiary/aromatic N) is 2. The van der Waals surface area contributed by atoms with Gasteiger partial charge in [0.1, 0.15) is 0 Å². The molecule has 1 fully saturated rings. The van der Waals surface area contributed by atoms with E-state index >= 15 is 0 Å². The summed E-state index contributed by atoms with van der Waals surface area (Å²) in [5.41, 5.74) is 0. The second-order valence-electron chi connectivity index (χ2n) is 6.65. The highest BCUT2D eigenvalue weighted by Gasteiger charge is 2.30. The zero-order valence-electron chi connectivity index (χ0n) is 14.5. The molecule has 0 amide bonds. The normalized spacial score (nSPS) is 22.1. The van der Waals surface area contributed by atoms with Gasteiger partial charge in [0, 0.05) is 31.7 Å². The van der Waals surface area contributed by atoms with Crippen LogP contribution in [-0.2, 0) is 0 Å². The van der Waals surface area contributed by atoms with E-state index in [-0.39, 0.29) is 0 Å². The van der Waals surface area contributed by atoms with Gasteiger partial charge >= 0.3 is 0 Å². The van der Waals surface area contributed by atoms with Gasteiger partial charge in [0.2, 0.25) is 0 Å². The van der Waals surface area contributed by atoms with Crippen LogP contribution >= 0.6 is 0 Å². The van der Waals surface area contributed by atoms with Crippen LogP contribution in [0.3, 0.4) is 0 Å². The molecule has 0 aromatic heterocycles. The van der Waals surface area contributed by atoms with Crippen molar-refractivity contribution >= 4 is 0 Å². The van der Waals surface area contributed by atoms with E-state index in [1.807, 2.05) is 0 Å². The molecule has 1 N–H and O–H groups in total. The zero-order valence-corrected chi connectivity index (χ0v) is 14.5. The van der Waals surface area contributed by atoms with Crippen LogP contribution in [0, 0.1) is 5.92 Å². The van der Waals surface area contributed by atoms with Gasteiger partial charge in [-0.25, -0.2) is 0 Å². The van der Waals surface area contributed by atoms with Gasteiger partial charge in [-0.15, -0.1) is 0 Å². The minimum atomic E-state index is 0.735. The van der Waals surface area contributed by atoms with Gasteiger partial charge in [0.25, 0.3) is 0 Å². The fourth-order valence-electron chi connectivity index (χ4n) is 3.42. The predicted octanol–water partition coefficient (Wildman–Crippen LogP) is 2.82. The van der Waals surface area contributed by atoms with Crippen LogP contribution in [0.25, 0.3) is 0 Å². The molecule has 0 aliphatic carbocycles. The van der Waals surface area contributed by atoms with Crippen LogP contribution in [-0.4, -0.2) is 61.2 Å². The summed E-state index contributed by atoms with van der Waals surface area (Å²) in [6, 6.07) is 1.52. The van der Waals surface area contributed by atoms with Crippen LogP contribution in [0.5, 0.6) is 0 Å². The maximum absolute atomic E-state index is 3.66. The third-order valence-electron chi connectivity index (χ3n) is 4.59. The highest BCUT2D eigenvalue weighted by molar-refractivity contribution is 4.87. The molecule has 0 radical (unpaired) electrons. The van der Waals surface area contributed by atoms with E-state index in [9.17, 15) is 0 Å². The van der Waals surface area contributed by atoms with E-state index in [4.69, 9.17) is 0 Å². The lowest BCUT2D eigenvalue weighted by Crippen LogP contribution is -2.44. The predicted molar refractivity (Wildman–Crippen MR) is 89.3 cm³/mol. The summed E-state index contributed by atoms with van der Waals surface area (Å²) in [6.45, 7) is 18.7. The summed E-state index contributed by atoms with van der Waals surface area (Å²) in [5, 5.41) is 3.66. The van der Waals surface area contributed by atoms with Gasteiger partial charge in [-0.1, -0.05) is 41.0 Å². The van der Waals surface area contributed by atoms with Crippen LogP contribution in [0.4, 0.5) is 0 Å². The number of nitrogens with one attached hydrogen (secondary N) is 1. The smallest absolute Gasteiger partial charge is 0.0235 e. The van der Waals surface area contributed by atoms with Gasteiger partial charge in [-0.3, -0.25) is 9.80 Å². The number of hydrogen-bond acceptors (Lipinski definition) is 3. The van der Waals surface area contributed by atoms with E-state index in [2.05, 4.69) is 49.7 Å². The standard InChI is InChI=1S/C17H37N3/c1-6-9-16(13-18-12-15(4)5)20-11-10-17(14-20)19(7-2)8-3/h15-18H,6-14H2,1-5H3. The van der Waals surface area contributed by atoms with Crippen LogP contribution in [0.1, 0.15) is 53.9 Å². The minimum absolute atomic E-state index is 0.735. The number of hydrogen-bond donors (Lipinski definition) is 1. The summed E-state index contributed by atoms with van der Waals surface area (Å²) in [7, 11) is 0. The molecule has 1 rings (SSSR count). The summed E-state index contributed by atoms with van der Waals surface area (Å²) < 4.78 is 0. The molecular weight excluding hydrogens is 246 g/mol. The summed E-state index contributed by atoms with van der Waals surface area (Å²) >= 11 is 0. The van der Waals surface area contributed by atoms with E-state index in [1.165, 1.54) is 45.4 Å². The van der Waals surface area contributed by atoms with Gasteiger partial charge in [-0.05, 0) is 38.4 Å². The Labute approximate surface area is 127 Å². The summed E-state index contributed by atoms with van der Waals surface area (Å²) in [6.07, 6.45) is 3.97. The van der Waals surface area contributed by atoms with Crippen molar-refractivity contribution in [3.8, 4) is 0 Å². The van der Waals surface area contributed by atoms with Crippen molar-refractivity contribution in [1.82, 2.24) is 15.1 Å². The first-order valence-corrected chi connectivity index (χ1v) is 8.81. The average Bonchev–Trinajstić information content (AvgIpc) is 2.88. The first kappa shape index (κ1) is 17.9. The molecule has 0 saturated carbocycles. The molecular formula is C17H37N3. The second kappa shape index (κ2) is 9.75. The van der Waals surface area contributed by atoms with Crippen LogP contribution < -0.4 is 5.32 Å². The number of likely N-dealkylation sites (tertiary alicyclic amines) is 1. The lowest BCUT2D eigenvalue weighted by atomic mass is 10.1. The molecule has 3 heteroatoms. The van der Waals surface area contributed by atoms with Gasteiger partial charge in [0.05, 0.1) is 0 Å². The molecule has 3 nitrogen and oxygen atoms in total. The molecule has 120 valence electrons. The summed E-state index contributed by atoms with van der Waals surface area (Å²) in [5.74, 6) is 0.749. The first-order chi connectivity index (χ1) is 9.62. The Kier molecular flexibility index (Phi) is 8.74. The average molecular weight is 284 g/mol. The Morgan fingerprint density at radius 3 is 2.40 bits per heavy atom. The van der Waals surface area contributed by atoms with E-state index in [1.54, 1.807) is 0 Å². The van der Waals surface area contributed by atoms with Crippen LogP contribution in [0.2, 0.25) is 0 Å². The molecule has 0 aromatic carbocycles. The molecule has 1 heterocycles. The van der Waals surface area contributed by atoms with E-state index in [0.29, 0.717) is 0 Å². The fraction of sp³-hybridized carbons (Fsp3) is 1.00. The molecule has 1 saturated heterocycles. The van der Waals surface area contributed by atoms with Crippen LogP contribution in [0.15, 0.2) is 0 Å². The maximum atomic E-state index is 3.66. The Balaban J connectivity index is 2.43. The van der Waals surface area contributed by atoms with E-state index in [0.717, 1.165) is 31.1 Å². The van der Waals surface area contributed by atoms with E-state index < -0.39 is 0 Å². The van der Waals surface area contributed by atoms with Gasteiger partial charge < -0.3 is 5.32 Å². The third-order valence-corrected chi connectivity index (χ3v) is 4.59. The fourth-order valence-corrected chi connectivity index (χ4v) is 3.42. The van der Waals surface area contributed by atoms with Crippen molar-refractivity contribution in [3.63, 3.8) is 0 Å². The highest BCUT2D eigenvalue weighted by atomic mass is 15.3. The Hall–Kier alpha value is -0.120. The van der Waals surface area contributed by atoms with Gasteiger partial charge in [-0.2, -0.15) is 0 Å². The van der Waals surface area contributed by atoms with Crippen molar-refractivity contribution in [2.24, 2.45) is 5.92 Å². The van der Waals surface area contributed by atoms with Crippen molar-refractivity contribution in [2.45, 2.75) is 66.0 Å². The Bertz CT molecular complexity index is 238. The largest absolute Gasteiger partial charge is 0.315 e. The topological polar surface area (TPSA) is 18.5 Å². The molecule has 2 unspecified atom stereocenters. The molecule has 0 bridgehead atoms. The quantitative estimate of drug-likeness (QED) is 0.665. The third kappa shape index (κ3) is 5.71. The molecule has 0 spiro atoms. The van der Waals surface area contributed by atoms with Crippen molar-refractivity contribution < 1.29 is 0 Å². The monoisotopic (exact) mass is 283 g/mol. The minimum Gasteiger partial charge on any atom is -0.315 e. The summed E-state index contributed by atoms with van der Waals surface area (Å²) in [4.78, 5) is 5.37. The molecule has 0 aromatic rings. The number of rotatable bonds is 10. The lowest BCUT2D eigenvalue weighted by molar-refractivity contribution is 0.178. The second-order valence-corrected chi connectivity index (χ2v) is 6.65. The number of likely N-dealkylation sites (N-methyl/N-ethyl adjacent to an activating group) is 1. The zero-order chi connectivity index (χ0) is 15.0. The lowest BCUT2D eigenvalue weighted by Gasteiger charge is -2.30. The SMILES string of the molecule is CCCC(CNCC(C)C)N1CCC(N(CC)CC)C1. The molecule has 2 atom stereocenters. The van der Waals surface area contributed by atoms with Gasteiger partial charge in [0.15, 0.2) is 0 Å². The Morgan fingerprint density at radius 1 is 1.15 bits per heavy atom.